The van der Waals surface area contributed by atoms with Crippen molar-refractivity contribution < 1.29 is 0 Å². The van der Waals surface area contributed by atoms with E-state index in [2.05, 4.69) is 43.4 Å². The van der Waals surface area contributed by atoms with Crippen molar-refractivity contribution in [2.24, 2.45) is 17.8 Å². The molecule has 19 heavy (non-hydrogen) atoms. The van der Waals surface area contributed by atoms with Crippen molar-refractivity contribution in [1.82, 2.24) is 5.32 Å². The van der Waals surface area contributed by atoms with Gasteiger partial charge in [0.05, 0.1) is 0 Å². The molecule has 2 aliphatic carbocycles. The Balaban J connectivity index is 1.71. The first kappa shape index (κ1) is 13.2. The van der Waals surface area contributed by atoms with Crippen LogP contribution in [0.5, 0.6) is 0 Å². The molecule has 0 saturated heterocycles. The van der Waals surface area contributed by atoms with Crippen LogP contribution in [0.1, 0.15) is 56.7 Å². The maximum absolute atomic E-state index is 3.73. The molecule has 1 heteroatoms. The molecule has 1 nitrogen and oxygen atoms in total. The highest BCUT2D eigenvalue weighted by atomic mass is 14.9. The van der Waals surface area contributed by atoms with Crippen molar-refractivity contribution >= 4 is 0 Å². The van der Waals surface area contributed by atoms with Crippen molar-refractivity contribution in [3.05, 3.63) is 35.4 Å². The molecule has 0 aliphatic heterocycles. The van der Waals surface area contributed by atoms with Crippen molar-refractivity contribution in [1.29, 1.82) is 0 Å². The summed E-state index contributed by atoms with van der Waals surface area (Å²) >= 11 is 0. The minimum absolute atomic E-state index is 0.591. The SMILES string of the molecule is CCCc1ccc(C(NCC)C2CC3CC3C2)cc1. The Morgan fingerprint density at radius 2 is 1.74 bits per heavy atom. The van der Waals surface area contributed by atoms with Gasteiger partial charge < -0.3 is 5.32 Å². The van der Waals surface area contributed by atoms with Gasteiger partial charge in [0.2, 0.25) is 0 Å². The lowest BCUT2D eigenvalue weighted by Crippen LogP contribution is -2.27. The van der Waals surface area contributed by atoms with Gasteiger partial charge in [0.15, 0.2) is 0 Å². The molecule has 104 valence electrons. The largest absolute Gasteiger partial charge is 0.310 e. The van der Waals surface area contributed by atoms with E-state index in [1.54, 1.807) is 0 Å². The van der Waals surface area contributed by atoms with Crippen molar-refractivity contribution in [2.45, 2.75) is 52.0 Å². The maximum atomic E-state index is 3.73. The van der Waals surface area contributed by atoms with Crippen LogP contribution in [-0.2, 0) is 6.42 Å². The zero-order valence-corrected chi connectivity index (χ0v) is 12.4. The molecule has 2 saturated carbocycles. The van der Waals surface area contributed by atoms with Crippen LogP contribution < -0.4 is 5.32 Å². The average Bonchev–Trinajstić information content (AvgIpc) is 3.04. The highest BCUT2D eigenvalue weighted by molar-refractivity contribution is 5.26. The quantitative estimate of drug-likeness (QED) is 0.799. The van der Waals surface area contributed by atoms with E-state index in [-0.39, 0.29) is 0 Å². The van der Waals surface area contributed by atoms with Gasteiger partial charge in [0.25, 0.3) is 0 Å². The van der Waals surface area contributed by atoms with Crippen LogP contribution in [0.15, 0.2) is 24.3 Å². The van der Waals surface area contributed by atoms with Crippen LogP contribution in [0.2, 0.25) is 0 Å². The smallest absolute Gasteiger partial charge is 0.0348 e. The molecule has 2 aliphatic rings. The Morgan fingerprint density at radius 1 is 1.05 bits per heavy atom. The third kappa shape index (κ3) is 2.86. The number of aryl methyl sites for hydroxylation is 1. The zero-order valence-electron chi connectivity index (χ0n) is 12.4. The molecule has 0 radical (unpaired) electrons. The predicted octanol–water partition coefficient (Wildman–Crippen LogP) is 4.34. The molecule has 0 aromatic heterocycles. The molecule has 3 atom stereocenters. The monoisotopic (exact) mass is 257 g/mol. The Labute approximate surface area is 117 Å². The van der Waals surface area contributed by atoms with E-state index in [0.717, 1.165) is 24.3 Å². The summed E-state index contributed by atoms with van der Waals surface area (Å²) in [6, 6.07) is 9.98. The summed E-state index contributed by atoms with van der Waals surface area (Å²) in [4.78, 5) is 0. The Kier molecular flexibility index (Phi) is 3.93. The highest BCUT2D eigenvalue weighted by Crippen LogP contribution is 2.57. The lowest BCUT2D eigenvalue weighted by atomic mass is 9.88. The van der Waals surface area contributed by atoms with E-state index in [4.69, 9.17) is 0 Å². The van der Waals surface area contributed by atoms with Gasteiger partial charge in [-0.3, -0.25) is 0 Å². The second kappa shape index (κ2) is 5.66. The fraction of sp³-hybridized carbons (Fsp3) is 0.667. The standard InChI is InChI=1S/C18H27N/c1-3-5-13-6-8-14(9-7-13)18(19-4-2)17-11-15-10-16(15)12-17/h6-9,15-19H,3-5,10-12H2,1-2H3. The number of rotatable bonds is 6. The van der Waals surface area contributed by atoms with Crippen LogP contribution in [0, 0.1) is 17.8 Å². The number of hydrogen-bond donors (Lipinski definition) is 1. The third-order valence-electron chi connectivity index (χ3n) is 5.05. The van der Waals surface area contributed by atoms with Gasteiger partial charge in [-0.1, -0.05) is 44.5 Å². The molecular formula is C18H27N. The predicted molar refractivity (Wildman–Crippen MR) is 81.2 cm³/mol. The van der Waals surface area contributed by atoms with Crippen LogP contribution in [0.3, 0.4) is 0 Å². The first-order valence-electron chi connectivity index (χ1n) is 8.14. The summed E-state index contributed by atoms with van der Waals surface area (Å²) in [6.07, 6.45) is 6.88. The number of hydrogen-bond acceptors (Lipinski definition) is 1. The zero-order chi connectivity index (χ0) is 13.2. The average molecular weight is 257 g/mol. The van der Waals surface area contributed by atoms with Crippen molar-refractivity contribution in [3.8, 4) is 0 Å². The van der Waals surface area contributed by atoms with Crippen LogP contribution in [0.25, 0.3) is 0 Å². The van der Waals surface area contributed by atoms with Crippen LogP contribution in [0.4, 0.5) is 0 Å². The lowest BCUT2D eigenvalue weighted by Gasteiger charge is -2.26. The van der Waals surface area contributed by atoms with E-state index in [1.807, 2.05) is 0 Å². The molecule has 1 N–H and O–H groups in total. The first-order valence-corrected chi connectivity index (χ1v) is 8.14. The minimum atomic E-state index is 0.591. The topological polar surface area (TPSA) is 12.0 Å². The van der Waals surface area contributed by atoms with Gasteiger partial charge in [-0.05, 0) is 61.1 Å². The second-order valence-electron chi connectivity index (χ2n) is 6.51. The van der Waals surface area contributed by atoms with Crippen LogP contribution >= 0.6 is 0 Å². The summed E-state index contributed by atoms with van der Waals surface area (Å²) in [7, 11) is 0. The van der Waals surface area contributed by atoms with E-state index in [1.165, 1.54) is 43.2 Å². The summed E-state index contributed by atoms with van der Waals surface area (Å²) in [6.45, 7) is 5.56. The molecule has 1 aromatic rings. The lowest BCUT2D eigenvalue weighted by molar-refractivity contribution is 0.346. The molecule has 0 spiro atoms. The third-order valence-corrected chi connectivity index (χ3v) is 5.05. The molecule has 1 aromatic carbocycles. The summed E-state index contributed by atoms with van der Waals surface area (Å²) in [5.74, 6) is 3.02. The Hall–Kier alpha value is -0.820. The normalized spacial score (nSPS) is 30.1. The number of fused-ring (bicyclic) bond motifs is 1. The fourth-order valence-corrected chi connectivity index (χ4v) is 3.99. The molecule has 2 fully saturated rings. The summed E-state index contributed by atoms with van der Waals surface area (Å²) in [5, 5.41) is 3.73. The van der Waals surface area contributed by atoms with Crippen molar-refractivity contribution in [3.63, 3.8) is 0 Å². The van der Waals surface area contributed by atoms with Gasteiger partial charge in [0, 0.05) is 6.04 Å². The molecule has 0 heterocycles. The van der Waals surface area contributed by atoms with Gasteiger partial charge in [-0.25, -0.2) is 0 Å². The molecule has 3 rings (SSSR count). The second-order valence-corrected chi connectivity index (χ2v) is 6.51. The first-order chi connectivity index (χ1) is 9.31. The van der Waals surface area contributed by atoms with Gasteiger partial charge in [-0.15, -0.1) is 0 Å². The maximum Gasteiger partial charge on any atom is 0.0348 e. The molecule has 3 unspecified atom stereocenters. The van der Waals surface area contributed by atoms with E-state index < -0.39 is 0 Å². The van der Waals surface area contributed by atoms with Crippen LogP contribution in [-0.4, -0.2) is 6.54 Å². The van der Waals surface area contributed by atoms with Crippen molar-refractivity contribution in [2.75, 3.05) is 6.54 Å². The van der Waals surface area contributed by atoms with Gasteiger partial charge in [0.1, 0.15) is 0 Å². The Morgan fingerprint density at radius 3 is 2.32 bits per heavy atom. The van der Waals surface area contributed by atoms with E-state index >= 15 is 0 Å². The Bertz CT molecular complexity index is 398. The summed E-state index contributed by atoms with van der Waals surface area (Å²) < 4.78 is 0. The van der Waals surface area contributed by atoms with Gasteiger partial charge >= 0.3 is 0 Å². The highest BCUT2D eigenvalue weighted by Gasteiger charge is 2.47. The number of benzene rings is 1. The van der Waals surface area contributed by atoms with Gasteiger partial charge in [-0.2, -0.15) is 0 Å². The molecular weight excluding hydrogens is 230 g/mol. The summed E-state index contributed by atoms with van der Waals surface area (Å²) in [5.41, 5.74) is 2.99. The number of nitrogens with one attached hydrogen (secondary N) is 1. The van der Waals surface area contributed by atoms with E-state index in [9.17, 15) is 0 Å². The molecule has 0 bridgehead atoms. The fourth-order valence-electron chi connectivity index (χ4n) is 3.99. The molecule has 0 amide bonds. The van der Waals surface area contributed by atoms with E-state index in [0.29, 0.717) is 6.04 Å². The minimum Gasteiger partial charge on any atom is -0.310 e.